The first-order valence-electron chi connectivity index (χ1n) is 10.2. The fraction of sp³-hybridized carbons (Fsp3) is 0.409. The van der Waals surface area contributed by atoms with Gasteiger partial charge in [-0.1, -0.05) is 30.3 Å². The van der Waals surface area contributed by atoms with E-state index in [9.17, 15) is 13.2 Å². The highest BCUT2D eigenvalue weighted by Crippen LogP contribution is 2.13. The summed E-state index contributed by atoms with van der Waals surface area (Å²) >= 11 is 0. The van der Waals surface area contributed by atoms with Gasteiger partial charge in [-0.25, -0.2) is 8.42 Å². The third-order valence-electron chi connectivity index (χ3n) is 5.05. The molecule has 0 radical (unpaired) electrons. The fourth-order valence-electron chi connectivity index (χ4n) is 3.40. The van der Waals surface area contributed by atoms with Gasteiger partial charge >= 0.3 is 0 Å². The minimum absolute atomic E-state index is 0.0820. The number of nitrogens with one attached hydrogen (secondary N) is 1. The summed E-state index contributed by atoms with van der Waals surface area (Å²) in [5.41, 5.74) is 1.70. The zero-order valence-electron chi connectivity index (χ0n) is 17.3. The summed E-state index contributed by atoms with van der Waals surface area (Å²) in [5.74, 6) is 0.304. The molecule has 0 aliphatic carbocycles. The predicted molar refractivity (Wildman–Crippen MR) is 117 cm³/mol. The quantitative estimate of drug-likeness (QED) is 0.657. The maximum absolute atomic E-state index is 12.6. The molecule has 1 heterocycles. The van der Waals surface area contributed by atoms with Crippen LogP contribution < -0.4 is 10.1 Å². The second kappa shape index (κ2) is 10.6. The highest BCUT2D eigenvalue weighted by molar-refractivity contribution is 7.89. The van der Waals surface area contributed by atoms with E-state index in [2.05, 4.69) is 22.3 Å². The Morgan fingerprint density at radius 3 is 2.30 bits per heavy atom. The van der Waals surface area contributed by atoms with E-state index in [1.807, 2.05) is 25.1 Å². The van der Waals surface area contributed by atoms with Gasteiger partial charge in [-0.3, -0.25) is 9.69 Å². The predicted octanol–water partition coefficient (Wildman–Crippen LogP) is 1.96. The molecule has 1 aliphatic heterocycles. The summed E-state index contributed by atoms with van der Waals surface area (Å²) < 4.78 is 32.1. The van der Waals surface area contributed by atoms with E-state index < -0.39 is 10.0 Å². The van der Waals surface area contributed by atoms with Gasteiger partial charge in [0.25, 0.3) is 5.91 Å². The van der Waals surface area contributed by atoms with Crippen LogP contribution in [0.5, 0.6) is 5.75 Å². The van der Waals surface area contributed by atoms with E-state index in [1.165, 1.54) is 9.87 Å². The molecule has 1 saturated heterocycles. The molecule has 2 aromatic carbocycles. The Bertz CT molecular complexity index is 909. The SMILES string of the molecule is CCOc1ccc(C(=O)NCCS(=O)(=O)N2CCN(Cc3ccccc3)CC2)cc1. The molecule has 1 amide bonds. The number of amides is 1. The summed E-state index contributed by atoms with van der Waals surface area (Å²) in [5, 5.41) is 2.69. The van der Waals surface area contributed by atoms with Crippen LogP contribution in [0, 0.1) is 0 Å². The summed E-state index contributed by atoms with van der Waals surface area (Å²) in [6.07, 6.45) is 0. The van der Waals surface area contributed by atoms with E-state index in [0.717, 1.165) is 6.54 Å². The number of carbonyl (C=O) groups is 1. The molecular weight excluding hydrogens is 402 g/mol. The Labute approximate surface area is 178 Å². The third-order valence-corrected chi connectivity index (χ3v) is 6.92. The summed E-state index contributed by atoms with van der Waals surface area (Å²) in [6, 6.07) is 17.0. The summed E-state index contributed by atoms with van der Waals surface area (Å²) in [6.45, 7) is 5.71. The molecule has 0 aromatic heterocycles. The Kier molecular flexibility index (Phi) is 7.84. The van der Waals surface area contributed by atoms with Crippen molar-refractivity contribution in [1.29, 1.82) is 0 Å². The second-order valence-corrected chi connectivity index (χ2v) is 9.28. The molecule has 2 aromatic rings. The van der Waals surface area contributed by atoms with Crippen LogP contribution in [-0.4, -0.2) is 68.6 Å². The molecule has 0 atom stereocenters. The number of hydrogen-bond acceptors (Lipinski definition) is 5. The summed E-state index contributed by atoms with van der Waals surface area (Å²) in [7, 11) is -3.40. The first-order chi connectivity index (χ1) is 14.5. The van der Waals surface area contributed by atoms with Crippen LogP contribution in [0.25, 0.3) is 0 Å². The number of sulfonamides is 1. The van der Waals surface area contributed by atoms with Gasteiger partial charge in [0.2, 0.25) is 10.0 Å². The van der Waals surface area contributed by atoms with Crippen LogP contribution in [0.1, 0.15) is 22.8 Å². The van der Waals surface area contributed by atoms with Crippen LogP contribution in [0.3, 0.4) is 0 Å². The molecule has 7 nitrogen and oxygen atoms in total. The van der Waals surface area contributed by atoms with Gasteiger partial charge in [-0.15, -0.1) is 0 Å². The van der Waals surface area contributed by atoms with E-state index in [4.69, 9.17) is 4.74 Å². The monoisotopic (exact) mass is 431 g/mol. The van der Waals surface area contributed by atoms with Crippen molar-refractivity contribution in [3.05, 3.63) is 65.7 Å². The topological polar surface area (TPSA) is 78.9 Å². The van der Waals surface area contributed by atoms with Gasteiger partial charge in [-0.2, -0.15) is 4.31 Å². The van der Waals surface area contributed by atoms with Crippen molar-refractivity contribution in [2.75, 3.05) is 45.1 Å². The number of hydrogen-bond donors (Lipinski definition) is 1. The minimum Gasteiger partial charge on any atom is -0.494 e. The molecule has 1 N–H and O–H groups in total. The number of rotatable bonds is 9. The lowest BCUT2D eigenvalue weighted by molar-refractivity contribution is 0.0956. The van der Waals surface area contributed by atoms with E-state index in [-0.39, 0.29) is 18.2 Å². The van der Waals surface area contributed by atoms with Crippen LogP contribution in [0.15, 0.2) is 54.6 Å². The van der Waals surface area contributed by atoms with Gasteiger partial charge in [-0.05, 0) is 36.8 Å². The normalized spacial score (nSPS) is 15.6. The Morgan fingerprint density at radius 1 is 1.00 bits per heavy atom. The molecule has 3 rings (SSSR count). The van der Waals surface area contributed by atoms with Crippen molar-refractivity contribution >= 4 is 15.9 Å². The largest absolute Gasteiger partial charge is 0.494 e. The van der Waals surface area contributed by atoms with Gasteiger partial charge < -0.3 is 10.1 Å². The zero-order valence-corrected chi connectivity index (χ0v) is 18.1. The second-order valence-electron chi connectivity index (χ2n) is 7.19. The lowest BCUT2D eigenvalue weighted by Gasteiger charge is -2.34. The van der Waals surface area contributed by atoms with Crippen LogP contribution in [0.4, 0.5) is 0 Å². The van der Waals surface area contributed by atoms with Gasteiger partial charge in [0, 0.05) is 44.8 Å². The highest BCUT2D eigenvalue weighted by Gasteiger charge is 2.26. The van der Waals surface area contributed by atoms with Crippen LogP contribution in [0.2, 0.25) is 0 Å². The molecular formula is C22H29N3O4S. The molecule has 0 spiro atoms. The molecule has 162 valence electrons. The average molecular weight is 432 g/mol. The fourth-order valence-corrected chi connectivity index (χ4v) is 4.74. The first kappa shape index (κ1) is 22.3. The van der Waals surface area contributed by atoms with Crippen molar-refractivity contribution in [3.8, 4) is 5.75 Å². The molecule has 1 fully saturated rings. The van der Waals surface area contributed by atoms with Crippen LogP contribution >= 0.6 is 0 Å². The first-order valence-corrected chi connectivity index (χ1v) is 11.8. The summed E-state index contributed by atoms with van der Waals surface area (Å²) in [4.78, 5) is 14.5. The Morgan fingerprint density at radius 2 is 1.67 bits per heavy atom. The molecule has 1 aliphatic rings. The van der Waals surface area contributed by atoms with Crippen molar-refractivity contribution in [2.45, 2.75) is 13.5 Å². The molecule has 8 heteroatoms. The van der Waals surface area contributed by atoms with Crippen molar-refractivity contribution in [3.63, 3.8) is 0 Å². The lowest BCUT2D eigenvalue weighted by Crippen LogP contribution is -2.49. The number of carbonyl (C=O) groups excluding carboxylic acids is 1. The Hall–Kier alpha value is -2.42. The number of piperazine rings is 1. The van der Waals surface area contributed by atoms with Gasteiger partial charge in [0.1, 0.15) is 5.75 Å². The van der Waals surface area contributed by atoms with E-state index >= 15 is 0 Å². The number of ether oxygens (including phenoxy) is 1. The maximum atomic E-state index is 12.6. The van der Waals surface area contributed by atoms with Gasteiger partial charge in [0.05, 0.1) is 12.4 Å². The minimum atomic E-state index is -3.40. The third kappa shape index (κ3) is 6.29. The van der Waals surface area contributed by atoms with E-state index in [1.54, 1.807) is 24.3 Å². The average Bonchev–Trinajstić information content (AvgIpc) is 2.75. The molecule has 0 saturated carbocycles. The molecule has 0 bridgehead atoms. The van der Waals surface area contributed by atoms with Crippen molar-refractivity contribution < 1.29 is 17.9 Å². The van der Waals surface area contributed by atoms with Gasteiger partial charge in [0.15, 0.2) is 0 Å². The zero-order chi connectivity index (χ0) is 21.4. The van der Waals surface area contributed by atoms with E-state index in [0.29, 0.717) is 44.1 Å². The Balaban J connectivity index is 1.42. The highest BCUT2D eigenvalue weighted by atomic mass is 32.2. The van der Waals surface area contributed by atoms with Crippen molar-refractivity contribution in [1.82, 2.24) is 14.5 Å². The maximum Gasteiger partial charge on any atom is 0.251 e. The molecule has 30 heavy (non-hydrogen) atoms. The number of benzene rings is 2. The standard InChI is InChI=1S/C22H29N3O4S/c1-2-29-21-10-8-20(9-11-21)22(26)23-12-17-30(27,28)25-15-13-24(14-16-25)18-19-6-4-3-5-7-19/h3-11H,2,12-18H2,1H3,(H,23,26). The van der Waals surface area contributed by atoms with Crippen molar-refractivity contribution in [2.24, 2.45) is 0 Å². The smallest absolute Gasteiger partial charge is 0.251 e. The van der Waals surface area contributed by atoms with Crippen LogP contribution in [-0.2, 0) is 16.6 Å². The molecule has 0 unspecified atom stereocenters. The number of nitrogens with zero attached hydrogens (tertiary/aromatic N) is 2. The lowest BCUT2D eigenvalue weighted by atomic mass is 10.2.